The molecule has 0 saturated heterocycles. The van der Waals surface area contributed by atoms with Crippen LogP contribution in [0.5, 0.6) is 0 Å². The predicted molar refractivity (Wildman–Crippen MR) is 57.8 cm³/mol. The Morgan fingerprint density at radius 3 is 2.23 bits per heavy atom. The lowest BCUT2D eigenvalue weighted by atomic mass is 10.1. The number of hydrogen-bond donors (Lipinski definition) is 0. The summed E-state index contributed by atoms with van der Waals surface area (Å²) in [6, 6.07) is 9.26. The normalized spacial score (nSPS) is 14.9. The fourth-order valence-corrected chi connectivity index (χ4v) is 1.71. The van der Waals surface area contributed by atoms with Crippen molar-refractivity contribution in [3.63, 3.8) is 0 Å². The summed E-state index contributed by atoms with van der Waals surface area (Å²) in [4.78, 5) is 8.98. The van der Waals surface area contributed by atoms with E-state index in [4.69, 9.17) is 0 Å². The van der Waals surface area contributed by atoms with E-state index in [-0.39, 0.29) is 9.75 Å². The van der Waals surface area contributed by atoms with Gasteiger partial charge in [-0.2, -0.15) is 0 Å². The van der Waals surface area contributed by atoms with Gasteiger partial charge in [0.25, 0.3) is 4.95 Å². The average molecular weight is 309 g/mol. The Labute approximate surface area is 92.5 Å². The molecule has 5 heteroatoms. The fraction of sp³-hybridized carbons (Fsp3) is 0.250. The summed E-state index contributed by atoms with van der Waals surface area (Å²) in [5.41, 5.74) is 0.890. The van der Waals surface area contributed by atoms with Gasteiger partial charge in [0.15, 0.2) is 0 Å². The Morgan fingerprint density at radius 2 is 1.77 bits per heavy atom. The van der Waals surface area contributed by atoms with Crippen LogP contribution in [0, 0.1) is 10.1 Å². The third kappa shape index (κ3) is 2.77. The van der Waals surface area contributed by atoms with Gasteiger partial charge in [-0.25, -0.2) is 0 Å². The molecule has 0 radical (unpaired) electrons. The third-order valence-electron chi connectivity index (χ3n) is 1.56. The zero-order valence-electron chi connectivity index (χ0n) is 6.56. The molecule has 3 nitrogen and oxygen atoms in total. The van der Waals surface area contributed by atoms with Gasteiger partial charge < -0.3 is 0 Å². The Hall–Kier alpha value is -0.420. The first-order valence-electron chi connectivity index (χ1n) is 3.59. The van der Waals surface area contributed by atoms with Crippen LogP contribution in [0.1, 0.15) is 10.4 Å². The van der Waals surface area contributed by atoms with Crippen molar-refractivity contribution in [2.75, 3.05) is 0 Å². The summed E-state index contributed by atoms with van der Waals surface area (Å²) in [5.74, 6) is 0. The summed E-state index contributed by atoms with van der Waals surface area (Å²) >= 11 is 6.26. The van der Waals surface area contributed by atoms with E-state index in [1.807, 2.05) is 30.3 Å². The van der Waals surface area contributed by atoms with Crippen molar-refractivity contribution in [2.45, 2.75) is 9.78 Å². The molecule has 1 aromatic carbocycles. The first-order chi connectivity index (χ1) is 6.13. The number of nitrogens with zero attached hydrogens (tertiary/aromatic N) is 1. The van der Waals surface area contributed by atoms with Crippen molar-refractivity contribution in [1.29, 1.82) is 0 Å². The number of alkyl halides is 2. The summed E-state index contributed by atoms with van der Waals surface area (Å²) in [6.07, 6.45) is 0. The van der Waals surface area contributed by atoms with Gasteiger partial charge in [0, 0.05) is 4.92 Å². The quantitative estimate of drug-likeness (QED) is 0.373. The first-order valence-corrected chi connectivity index (χ1v) is 5.42. The zero-order valence-corrected chi connectivity index (χ0v) is 9.73. The van der Waals surface area contributed by atoms with Gasteiger partial charge in [0.05, 0.1) is 0 Å². The van der Waals surface area contributed by atoms with Gasteiger partial charge in [0.2, 0.25) is 0 Å². The molecule has 0 spiro atoms. The molecule has 0 aromatic heterocycles. The highest BCUT2D eigenvalue weighted by atomic mass is 79.9. The lowest BCUT2D eigenvalue weighted by molar-refractivity contribution is -0.492. The van der Waals surface area contributed by atoms with Crippen LogP contribution in [0.2, 0.25) is 0 Å². The van der Waals surface area contributed by atoms with Crippen LogP contribution in [0.3, 0.4) is 0 Å². The molecule has 1 aromatic rings. The molecule has 0 amide bonds. The molecule has 0 heterocycles. The zero-order chi connectivity index (χ0) is 9.84. The number of halogens is 2. The highest BCUT2D eigenvalue weighted by Crippen LogP contribution is 2.30. The summed E-state index contributed by atoms with van der Waals surface area (Å²) < 4.78 is 0. The number of nitro groups is 1. The van der Waals surface area contributed by atoms with Crippen molar-refractivity contribution in [3.05, 3.63) is 46.0 Å². The van der Waals surface area contributed by atoms with E-state index in [9.17, 15) is 10.1 Å². The van der Waals surface area contributed by atoms with Crippen molar-refractivity contribution in [3.8, 4) is 0 Å². The van der Waals surface area contributed by atoms with E-state index in [1.54, 1.807) is 0 Å². The molecule has 0 saturated carbocycles. The van der Waals surface area contributed by atoms with Crippen LogP contribution in [0.15, 0.2) is 30.3 Å². The second-order valence-electron chi connectivity index (χ2n) is 2.47. The van der Waals surface area contributed by atoms with Crippen LogP contribution >= 0.6 is 31.9 Å². The minimum absolute atomic E-state index is 0.302. The molecule has 0 fully saturated rings. The molecule has 0 aliphatic rings. The lowest BCUT2D eigenvalue weighted by Crippen LogP contribution is -2.16. The molecule has 1 rings (SSSR count). The molecule has 0 aliphatic carbocycles. The minimum atomic E-state index is -0.796. The van der Waals surface area contributed by atoms with Gasteiger partial charge in [0.1, 0.15) is 4.83 Å². The standard InChI is InChI=1S/C8H7Br2NO2/c9-7(8(10)11(12)13)6-4-2-1-3-5-6/h1-5,7-8H/t7-,8+/m1/s1. The van der Waals surface area contributed by atoms with E-state index in [2.05, 4.69) is 31.9 Å². The van der Waals surface area contributed by atoms with E-state index in [0.29, 0.717) is 0 Å². The average Bonchev–Trinajstić information content (AvgIpc) is 2.17. The highest BCUT2D eigenvalue weighted by Gasteiger charge is 2.26. The lowest BCUT2D eigenvalue weighted by Gasteiger charge is -2.09. The van der Waals surface area contributed by atoms with Crippen molar-refractivity contribution in [2.24, 2.45) is 0 Å². The van der Waals surface area contributed by atoms with E-state index < -0.39 is 4.95 Å². The van der Waals surface area contributed by atoms with Crippen LogP contribution in [0.4, 0.5) is 0 Å². The third-order valence-corrected chi connectivity index (χ3v) is 4.16. The van der Waals surface area contributed by atoms with E-state index in [1.165, 1.54) is 0 Å². The molecule has 0 bridgehead atoms. The predicted octanol–water partition coefficient (Wildman–Crippen LogP) is 3.12. The van der Waals surface area contributed by atoms with Gasteiger partial charge in [-0.15, -0.1) is 0 Å². The topological polar surface area (TPSA) is 43.1 Å². The number of benzene rings is 1. The van der Waals surface area contributed by atoms with Crippen LogP contribution in [0.25, 0.3) is 0 Å². The molecule has 0 unspecified atom stereocenters. The maximum absolute atomic E-state index is 10.4. The summed E-state index contributed by atoms with van der Waals surface area (Å²) in [5, 5.41) is 10.4. The molecule has 0 N–H and O–H groups in total. The van der Waals surface area contributed by atoms with Gasteiger partial charge in [-0.1, -0.05) is 46.3 Å². The van der Waals surface area contributed by atoms with E-state index in [0.717, 1.165) is 5.56 Å². The molecular weight excluding hydrogens is 302 g/mol. The second kappa shape index (κ2) is 4.72. The maximum atomic E-state index is 10.4. The Balaban J connectivity index is 2.79. The van der Waals surface area contributed by atoms with Crippen molar-refractivity contribution >= 4 is 31.9 Å². The molecule has 70 valence electrons. The largest absolute Gasteiger partial charge is 0.282 e. The number of hydrogen-bond acceptors (Lipinski definition) is 2. The van der Waals surface area contributed by atoms with Crippen LogP contribution < -0.4 is 0 Å². The van der Waals surface area contributed by atoms with Gasteiger partial charge in [-0.05, 0) is 21.5 Å². The van der Waals surface area contributed by atoms with Gasteiger partial charge >= 0.3 is 0 Å². The monoisotopic (exact) mass is 307 g/mol. The smallest absolute Gasteiger partial charge is 0.263 e. The first kappa shape index (κ1) is 10.7. The Bertz CT molecular complexity index is 291. The highest BCUT2D eigenvalue weighted by molar-refractivity contribution is 9.12. The summed E-state index contributed by atoms with van der Waals surface area (Å²) in [7, 11) is 0. The maximum Gasteiger partial charge on any atom is 0.282 e. The fourth-order valence-electron chi connectivity index (χ4n) is 0.903. The SMILES string of the molecule is O=[N+]([O-])[C@H](Br)[C@H](Br)c1ccccc1. The Morgan fingerprint density at radius 1 is 1.23 bits per heavy atom. The molecule has 2 atom stereocenters. The molecule has 13 heavy (non-hydrogen) atoms. The van der Waals surface area contributed by atoms with Crippen molar-refractivity contribution < 1.29 is 4.92 Å². The minimum Gasteiger partial charge on any atom is -0.263 e. The Kier molecular flexibility index (Phi) is 3.87. The second-order valence-corrected chi connectivity index (χ2v) is 4.40. The van der Waals surface area contributed by atoms with Crippen LogP contribution in [-0.2, 0) is 0 Å². The van der Waals surface area contributed by atoms with E-state index >= 15 is 0 Å². The van der Waals surface area contributed by atoms with Crippen LogP contribution in [-0.4, -0.2) is 9.87 Å². The van der Waals surface area contributed by atoms with Crippen molar-refractivity contribution in [1.82, 2.24) is 0 Å². The van der Waals surface area contributed by atoms with Gasteiger partial charge in [-0.3, -0.25) is 10.1 Å². The molecular formula is C8H7Br2NO2. The number of rotatable bonds is 3. The summed E-state index contributed by atoms with van der Waals surface area (Å²) in [6.45, 7) is 0. The molecule has 0 aliphatic heterocycles.